The average molecular weight is 217 g/mol. The van der Waals surface area contributed by atoms with Crippen LogP contribution in [0.5, 0.6) is 5.75 Å². The lowest BCUT2D eigenvalue weighted by molar-refractivity contribution is 0.0402. The molecule has 2 nitrogen and oxygen atoms in total. The molecular weight excluding hydrogens is 198 g/mol. The van der Waals surface area contributed by atoms with Gasteiger partial charge in [-0.25, -0.2) is 0 Å². The molecule has 2 N–H and O–H groups in total. The molecule has 1 aliphatic carbocycles. The minimum Gasteiger partial charge on any atom is -0.487 e. The molecule has 86 valence electrons. The Labute approximate surface area is 96.8 Å². The van der Waals surface area contributed by atoms with E-state index in [-0.39, 0.29) is 11.6 Å². The van der Waals surface area contributed by atoms with Crippen LogP contribution in [0.1, 0.15) is 44.2 Å². The fraction of sp³-hybridized carbons (Fsp3) is 0.571. The van der Waals surface area contributed by atoms with Gasteiger partial charge in [-0.05, 0) is 25.3 Å². The van der Waals surface area contributed by atoms with Gasteiger partial charge in [0.05, 0.1) is 0 Å². The number of para-hydroxylation sites is 1. The molecule has 2 heteroatoms. The van der Waals surface area contributed by atoms with Crippen LogP contribution in [0.4, 0.5) is 0 Å². The summed E-state index contributed by atoms with van der Waals surface area (Å²) in [6.45, 7) is 2.21. The zero-order chi connectivity index (χ0) is 11.2. The Hall–Kier alpha value is -1.02. The highest BCUT2D eigenvalue weighted by Crippen LogP contribution is 2.45. The predicted molar refractivity (Wildman–Crippen MR) is 64.4 cm³/mol. The average Bonchev–Trinajstić information content (AvgIpc) is 3.00. The number of benzene rings is 1. The quantitative estimate of drug-likeness (QED) is 0.826. The molecule has 0 spiro atoms. The lowest BCUT2D eigenvalue weighted by Crippen LogP contribution is -2.40. The number of hydrogen-bond acceptors (Lipinski definition) is 2. The third kappa shape index (κ3) is 1.82. The van der Waals surface area contributed by atoms with Gasteiger partial charge in [-0.3, -0.25) is 0 Å². The van der Waals surface area contributed by atoms with Gasteiger partial charge in [0.25, 0.3) is 0 Å². The normalized spacial score (nSPS) is 33.0. The molecular formula is C14H19NO. The zero-order valence-electron chi connectivity index (χ0n) is 9.78. The van der Waals surface area contributed by atoms with Crippen molar-refractivity contribution < 1.29 is 4.74 Å². The molecule has 2 aliphatic rings. The minimum atomic E-state index is -0.0467. The molecule has 0 bridgehead atoms. The van der Waals surface area contributed by atoms with Gasteiger partial charge in [0.1, 0.15) is 11.4 Å². The number of hydrogen-bond donors (Lipinski definition) is 1. The SMILES string of the molecule is CC1(CC2CC2)C[C@@H](N)c2ccccc2O1. The van der Waals surface area contributed by atoms with Gasteiger partial charge in [0, 0.05) is 18.0 Å². The third-order valence-corrected chi connectivity index (χ3v) is 3.74. The van der Waals surface area contributed by atoms with Crippen molar-refractivity contribution in [3.63, 3.8) is 0 Å². The Balaban J connectivity index is 1.87. The van der Waals surface area contributed by atoms with Gasteiger partial charge < -0.3 is 10.5 Å². The number of rotatable bonds is 2. The van der Waals surface area contributed by atoms with Gasteiger partial charge in [-0.15, -0.1) is 0 Å². The Morgan fingerprint density at radius 1 is 1.38 bits per heavy atom. The van der Waals surface area contributed by atoms with E-state index < -0.39 is 0 Å². The largest absolute Gasteiger partial charge is 0.487 e. The van der Waals surface area contributed by atoms with E-state index in [1.807, 2.05) is 18.2 Å². The van der Waals surface area contributed by atoms with Gasteiger partial charge in [0.2, 0.25) is 0 Å². The molecule has 1 unspecified atom stereocenters. The predicted octanol–water partition coefficient (Wildman–Crippen LogP) is 3.03. The summed E-state index contributed by atoms with van der Waals surface area (Å²) in [7, 11) is 0. The standard InChI is InChI=1S/C14H19NO/c1-14(8-10-6-7-10)9-12(15)11-4-2-3-5-13(11)16-14/h2-5,10,12H,6-9,15H2,1H3/t12-,14?/m1/s1. The summed E-state index contributed by atoms with van der Waals surface area (Å²) in [5, 5.41) is 0. The van der Waals surface area contributed by atoms with Crippen LogP contribution in [-0.4, -0.2) is 5.60 Å². The number of nitrogens with two attached hydrogens (primary N) is 1. The first-order valence-electron chi connectivity index (χ1n) is 6.20. The lowest BCUT2D eigenvalue weighted by Gasteiger charge is -2.39. The Bertz CT molecular complexity index is 399. The summed E-state index contributed by atoms with van der Waals surface area (Å²) in [5.74, 6) is 1.87. The minimum absolute atomic E-state index is 0.0467. The maximum Gasteiger partial charge on any atom is 0.124 e. The molecule has 1 fully saturated rings. The number of fused-ring (bicyclic) bond motifs is 1. The molecule has 16 heavy (non-hydrogen) atoms. The van der Waals surface area contributed by atoms with E-state index in [1.165, 1.54) is 12.8 Å². The summed E-state index contributed by atoms with van der Waals surface area (Å²) in [6.07, 6.45) is 4.85. The zero-order valence-corrected chi connectivity index (χ0v) is 9.78. The fourth-order valence-electron chi connectivity index (χ4n) is 2.82. The van der Waals surface area contributed by atoms with Crippen LogP contribution >= 0.6 is 0 Å². The number of ether oxygens (including phenoxy) is 1. The van der Waals surface area contributed by atoms with Crippen molar-refractivity contribution in [1.82, 2.24) is 0 Å². The van der Waals surface area contributed by atoms with E-state index in [0.29, 0.717) is 0 Å². The van der Waals surface area contributed by atoms with Crippen LogP contribution in [0.25, 0.3) is 0 Å². The van der Waals surface area contributed by atoms with Gasteiger partial charge in [0.15, 0.2) is 0 Å². The van der Waals surface area contributed by atoms with Crippen LogP contribution in [0.2, 0.25) is 0 Å². The van der Waals surface area contributed by atoms with E-state index in [1.54, 1.807) is 0 Å². The second-order valence-electron chi connectivity index (χ2n) is 5.55. The third-order valence-electron chi connectivity index (χ3n) is 3.74. The van der Waals surface area contributed by atoms with Gasteiger partial charge in [-0.1, -0.05) is 31.0 Å². The van der Waals surface area contributed by atoms with Crippen molar-refractivity contribution in [2.45, 2.75) is 44.2 Å². The fourth-order valence-corrected chi connectivity index (χ4v) is 2.82. The van der Waals surface area contributed by atoms with Gasteiger partial charge in [-0.2, -0.15) is 0 Å². The molecule has 1 aromatic rings. The highest BCUT2D eigenvalue weighted by molar-refractivity contribution is 5.38. The summed E-state index contributed by atoms with van der Waals surface area (Å²) in [5.41, 5.74) is 7.35. The van der Waals surface area contributed by atoms with Crippen molar-refractivity contribution in [3.8, 4) is 5.75 Å². The monoisotopic (exact) mass is 217 g/mol. The van der Waals surface area contributed by atoms with Crippen LogP contribution in [-0.2, 0) is 0 Å². The maximum absolute atomic E-state index is 6.24. The molecule has 0 aromatic heterocycles. The van der Waals surface area contributed by atoms with Crippen molar-refractivity contribution in [2.75, 3.05) is 0 Å². The Morgan fingerprint density at radius 3 is 2.88 bits per heavy atom. The van der Waals surface area contributed by atoms with Crippen LogP contribution in [0.3, 0.4) is 0 Å². The smallest absolute Gasteiger partial charge is 0.124 e. The van der Waals surface area contributed by atoms with Crippen molar-refractivity contribution >= 4 is 0 Å². The van der Waals surface area contributed by atoms with E-state index in [0.717, 1.165) is 30.1 Å². The first kappa shape index (κ1) is 10.2. The summed E-state index contributed by atoms with van der Waals surface area (Å²) in [6, 6.07) is 8.31. The highest BCUT2D eigenvalue weighted by atomic mass is 16.5. The van der Waals surface area contributed by atoms with Crippen LogP contribution in [0.15, 0.2) is 24.3 Å². The van der Waals surface area contributed by atoms with Crippen molar-refractivity contribution in [1.29, 1.82) is 0 Å². The summed E-state index contributed by atoms with van der Waals surface area (Å²) < 4.78 is 6.16. The molecule has 1 aromatic carbocycles. The molecule has 1 saturated carbocycles. The van der Waals surface area contributed by atoms with Crippen LogP contribution in [0, 0.1) is 5.92 Å². The lowest BCUT2D eigenvalue weighted by atomic mass is 9.85. The molecule has 3 rings (SSSR count). The molecule has 2 atom stereocenters. The van der Waals surface area contributed by atoms with Gasteiger partial charge >= 0.3 is 0 Å². The maximum atomic E-state index is 6.24. The second-order valence-corrected chi connectivity index (χ2v) is 5.55. The van der Waals surface area contributed by atoms with E-state index >= 15 is 0 Å². The summed E-state index contributed by atoms with van der Waals surface area (Å²) >= 11 is 0. The van der Waals surface area contributed by atoms with Crippen LogP contribution < -0.4 is 10.5 Å². The first-order chi connectivity index (χ1) is 7.66. The van der Waals surface area contributed by atoms with E-state index in [2.05, 4.69) is 13.0 Å². The van der Waals surface area contributed by atoms with E-state index in [9.17, 15) is 0 Å². The van der Waals surface area contributed by atoms with Crippen molar-refractivity contribution in [3.05, 3.63) is 29.8 Å². The Morgan fingerprint density at radius 2 is 2.12 bits per heavy atom. The topological polar surface area (TPSA) is 35.2 Å². The molecule has 0 amide bonds. The summed E-state index contributed by atoms with van der Waals surface area (Å²) in [4.78, 5) is 0. The highest BCUT2D eigenvalue weighted by Gasteiger charge is 2.40. The van der Waals surface area contributed by atoms with Crippen molar-refractivity contribution in [2.24, 2.45) is 11.7 Å². The second kappa shape index (κ2) is 3.49. The van der Waals surface area contributed by atoms with E-state index in [4.69, 9.17) is 10.5 Å². The Kier molecular flexibility index (Phi) is 2.21. The molecule has 0 saturated heterocycles. The molecule has 1 heterocycles. The molecule has 1 aliphatic heterocycles. The first-order valence-corrected chi connectivity index (χ1v) is 6.20. The molecule has 0 radical (unpaired) electrons.